The van der Waals surface area contributed by atoms with E-state index in [0.717, 1.165) is 11.1 Å². The normalized spacial score (nSPS) is 12.2. The fourth-order valence-corrected chi connectivity index (χ4v) is 4.73. The summed E-state index contributed by atoms with van der Waals surface area (Å²) in [7, 11) is -4.41. The summed E-state index contributed by atoms with van der Waals surface area (Å²) in [6.07, 6.45) is -1.64. The molecule has 0 heterocycles. The Morgan fingerprint density at radius 2 is 1.46 bits per heavy atom. The number of hydroxylamine groups is 2. The molecule has 0 bridgehead atoms. The summed E-state index contributed by atoms with van der Waals surface area (Å²) in [6, 6.07) is 22.5. The number of hydrogen-bond acceptors (Lipinski definition) is 6. The number of sulfonamides is 1. The summed E-state index contributed by atoms with van der Waals surface area (Å²) in [5.41, 5.74) is 3.76. The first kappa shape index (κ1) is 25.8. The Morgan fingerprint density at radius 1 is 0.886 bits per heavy atom. The highest BCUT2D eigenvalue weighted by molar-refractivity contribution is 7.89. The molecule has 0 saturated carbocycles. The number of amides is 2. The van der Waals surface area contributed by atoms with Gasteiger partial charge in [-0.15, -0.1) is 0 Å². The van der Waals surface area contributed by atoms with E-state index in [9.17, 15) is 23.2 Å². The molecule has 1 atom stereocenters. The lowest BCUT2D eigenvalue weighted by Gasteiger charge is -2.28. The first-order valence-corrected chi connectivity index (χ1v) is 12.0. The van der Waals surface area contributed by atoms with Crippen LogP contribution >= 0.6 is 0 Å². The van der Waals surface area contributed by atoms with E-state index in [1.165, 1.54) is 17.6 Å². The zero-order valence-corrected chi connectivity index (χ0v) is 19.4. The van der Waals surface area contributed by atoms with Gasteiger partial charge in [-0.05, 0) is 35.2 Å². The number of nitrogens with one attached hydrogen (secondary N) is 2. The number of carbonyl (C=O) groups excluding carboxylic acids is 1. The van der Waals surface area contributed by atoms with Crippen LogP contribution in [-0.4, -0.2) is 47.8 Å². The molecule has 35 heavy (non-hydrogen) atoms. The zero-order valence-electron chi connectivity index (χ0n) is 18.6. The third kappa shape index (κ3) is 6.87. The molecule has 0 aliphatic rings. The van der Waals surface area contributed by atoms with Crippen LogP contribution in [0.3, 0.4) is 0 Å². The molecule has 2 amide bonds. The van der Waals surface area contributed by atoms with Crippen LogP contribution in [0.15, 0.2) is 89.8 Å². The molecule has 1 unspecified atom stereocenters. The predicted octanol–water partition coefficient (Wildman–Crippen LogP) is 3.01. The largest absolute Gasteiger partial charge is 0.465 e. The van der Waals surface area contributed by atoms with Crippen LogP contribution in [0.4, 0.5) is 4.79 Å². The van der Waals surface area contributed by atoms with Gasteiger partial charge in [-0.2, -0.15) is 0 Å². The molecule has 0 radical (unpaired) electrons. The molecule has 0 saturated heterocycles. The topological polar surface area (TPSA) is 145 Å². The van der Waals surface area contributed by atoms with Gasteiger partial charge in [0.2, 0.25) is 0 Å². The first-order valence-electron chi connectivity index (χ1n) is 10.6. The van der Waals surface area contributed by atoms with Crippen LogP contribution in [0.1, 0.15) is 12.0 Å². The van der Waals surface area contributed by atoms with Crippen molar-refractivity contribution < 1.29 is 33.2 Å². The molecule has 3 aromatic carbocycles. The average molecular weight is 500 g/mol. The van der Waals surface area contributed by atoms with Crippen molar-refractivity contribution in [1.82, 2.24) is 15.3 Å². The van der Waals surface area contributed by atoms with E-state index in [0.29, 0.717) is 10.0 Å². The standard InChI is InChI=1S/C24H25N3O7S/c28-23(26-31)22(15-16-25-24(29)30)27(34-17-18-7-3-1-4-8-18)35(32,33)21-13-11-20(12-14-21)19-9-5-2-6-10-19/h1-14,22,25,31H,15-17H2,(H,26,28)(H,29,30). The lowest BCUT2D eigenvalue weighted by atomic mass is 10.1. The third-order valence-corrected chi connectivity index (χ3v) is 6.76. The summed E-state index contributed by atoms with van der Waals surface area (Å²) in [5.74, 6) is -1.07. The van der Waals surface area contributed by atoms with Crippen molar-refractivity contribution in [2.75, 3.05) is 6.54 Å². The van der Waals surface area contributed by atoms with Gasteiger partial charge in [0.05, 0.1) is 11.5 Å². The van der Waals surface area contributed by atoms with Crippen LogP contribution in [0.5, 0.6) is 0 Å². The molecule has 184 valence electrons. The van der Waals surface area contributed by atoms with Gasteiger partial charge in [0, 0.05) is 6.54 Å². The van der Waals surface area contributed by atoms with Crippen LogP contribution in [0.2, 0.25) is 0 Å². The second kappa shape index (κ2) is 12.1. The minimum Gasteiger partial charge on any atom is -0.465 e. The Hall–Kier alpha value is -3.77. The SMILES string of the molecule is O=C(O)NCCC(C(=O)NO)N(OCc1ccccc1)S(=O)(=O)c1ccc(-c2ccccc2)cc1. The molecular formula is C24H25N3O7S. The molecule has 0 fully saturated rings. The van der Waals surface area contributed by atoms with Gasteiger partial charge in [-0.3, -0.25) is 14.8 Å². The predicted molar refractivity (Wildman–Crippen MR) is 126 cm³/mol. The van der Waals surface area contributed by atoms with E-state index < -0.39 is 28.1 Å². The number of nitrogens with zero attached hydrogens (tertiary/aromatic N) is 1. The van der Waals surface area contributed by atoms with E-state index in [-0.39, 0.29) is 24.5 Å². The molecule has 10 nitrogen and oxygen atoms in total. The van der Waals surface area contributed by atoms with Gasteiger partial charge >= 0.3 is 6.09 Å². The van der Waals surface area contributed by atoms with Crippen molar-refractivity contribution in [3.63, 3.8) is 0 Å². The molecular weight excluding hydrogens is 474 g/mol. The first-order chi connectivity index (χ1) is 16.8. The minimum atomic E-state index is -4.41. The van der Waals surface area contributed by atoms with Crippen LogP contribution in [-0.2, 0) is 26.3 Å². The van der Waals surface area contributed by atoms with Crippen LogP contribution < -0.4 is 10.8 Å². The molecule has 0 aliphatic heterocycles. The quantitative estimate of drug-likeness (QED) is 0.234. The van der Waals surface area contributed by atoms with Crippen molar-refractivity contribution in [2.45, 2.75) is 24.0 Å². The number of rotatable bonds is 11. The maximum Gasteiger partial charge on any atom is 0.404 e. The highest BCUT2D eigenvalue weighted by Crippen LogP contribution is 2.25. The van der Waals surface area contributed by atoms with E-state index in [1.807, 2.05) is 30.3 Å². The molecule has 0 aromatic heterocycles. The Labute approximate surface area is 202 Å². The smallest absolute Gasteiger partial charge is 0.404 e. The van der Waals surface area contributed by atoms with Crippen LogP contribution in [0, 0.1) is 0 Å². The summed E-state index contributed by atoms with van der Waals surface area (Å²) < 4.78 is 27.6. The minimum absolute atomic E-state index is 0.146. The summed E-state index contributed by atoms with van der Waals surface area (Å²) in [5, 5.41) is 20.2. The Morgan fingerprint density at radius 3 is 2.03 bits per heavy atom. The highest BCUT2D eigenvalue weighted by Gasteiger charge is 2.37. The monoisotopic (exact) mass is 499 g/mol. The average Bonchev–Trinajstić information content (AvgIpc) is 2.88. The van der Waals surface area contributed by atoms with Gasteiger partial charge in [0.25, 0.3) is 15.9 Å². The Balaban J connectivity index is 1.94. The van der Waals surface area contributed by atoms with Crippen molar-refractivity contribution in [1.29, 1.82) is 0 Å². The van der Waals surface area contributed by atoms with Crippen molar-refractivity contribution in [2.24, 2.45) is 0 Å². The molecule has 0 spiro atoms. The lowest BCUT2D eigenvalue weighted by molar-refractivity contribution is -0.158. The molecule has 3 aromatic rings. The van der Waals surface area contributed by atoms with E-state index in [2.05, 4.69) is 5.32 Å². The second-order valence-corrected chi connectivity index (χ2v) is 9.20. The maximum absolute atomic E-state index is 13.6. The number of carbonyl (C=O) groups is 2. The van der Waals surface area contributed by atoms with E-state index in [4.69, 9.17) is 9.94 Å². The Bertz CT molecular complexity index is 1220. The molecule has 4 N–H and O–H groups in total. The molecule has 11 heteroatoms. The van der Waals surface area contributed by atoms with Gasteiger partial charge in [-0.25, -0.2) is 18.7 Å². The summed E-state index contributed by atoms with van der Waals surface area (Å²) in [6.45, 7) is -0.454. The zero-order chi connectivity index (χ0) is 25.3. The van der Waals surface area contributed by atoms with Gasteiger partial charge < -0.3 is 10.4 Å². The van der Waals surface area contributed by atoms with Crippen molar-refractivity contribution in [3.05, 3.63) is 90.5 Å². The van der Waals surface area contributed by atoms with Crippen LogP contribution in [0.25, 0.3) is 11.1 Å². The highest BCUT2D eigenvalue weighted by atomic mass is 32.2. The molecule has 3 rings (SSSR count). The summed E-state index contributed by atoms with van der Waals surface area (Å²) in [4.78, 5) is 28.7. The molecule has 0 aliphatic carbocycles. The maximum atomic E-state index is 13.6. The van der Waals surface area contributed by atoms with Crippen molar-refractivity contribution >= 4 is 22.0 Å². The number of hydrogen-bond donors (Lipinski definition) is 4. The summed E-state index contributed by atoms with van der Waals surface area (Å²) >= 11 is 0. The fraction of sp³-hybridized carbons (Fsp3) is 0.167. The fourth-order valence-electron chi connectivity index (χ4n) is 3.32. The third-order valence-electron chi connectivity index (χ3n) is 5.06. The Kier molecular flexibility index (Phi) is 8.92. The van der Waals surface area contributed by atoms with Gasteiger partial charge in [0.15, 0.2) is 0 Å². The van der Waals surface area contributed by atoms with E-state index >= 15 is 0 Å². The second-order valence-electron chi connectivity index (χ2n) is 7.42. The number of benzene rings is 3. The van der Waals surface area contributed by atoms with Crippen molar-refractivity contribution in [3.8, 4) is 11.1 Å². The van der Waals surface area contributed by atoms with Gasteiger partial charge in [-0.1, -0.05) is 77.3 Å². The number of carboxylic acid groups (broad SMARTS) is 1. The lowest BCUT2D eigenvalue weighted by Crippen LogP contribution is -2.50. The van der Waals surface area contributed by atoms with Gasteiger partial charge in [0.1, 0.15) is 6.04 Å². The van der Waals surface area contributed by atoms with E-state index in [1.54, 1.807) is 42.5 Å².